The molecule has 1 aliphatic rings. The summed E-state index contributed by atoms with van der Waals surface area (Å²) in [5.74, 6) is -2.71. The molecule has 0 unspecified atom stereocenters. The van der Waals surface area contributed by atoms with Crippen LogP contribution in [0.15, 0.2) is 18.2 Å². The maximum Gasteiger partial charge on any atom is 0.267 e. The second kappa shape index (κ2) is 5.03. The molecule has 0 bridgehead atoms. The Labute approximate surface area is 110 Å². The minimum absolute atomic E-state index is 0.0745. The lowest BCUT2D eigenvalue weighted by molar-refractivity contribution is -0.133. The van der Waals surface area contributed by atoms with Gasteiger partial charge in [-0.1, -0.05) is 6.07 Å². The fourth-order valence-corrected chi connectivity index (χ4v) is 1.97. The molecule has 0 radical (unpaired) electrons. The Balaban J connectivity index is 1.92. The van der Waals surface area contributed by atoms with Crippen LogP contribution in [0.25, 0.3) is 0 Å². The van der Waals surface area contributed by atoms with Crippen LogP contribution in [0.5, 0.6) is 5.75 Å². The minimum atomic E-state index is -2.78. The number of benzene rings is 1. The monoisotopic (exact) mass is 270 g/mol. The Bertz CT molecular complexity index is 492. The third-order valence-electron chi connectivity index (χ3n) is 3.20. The highest BCUT2D eigenvalue weighted by molar-refractivity contribution is 5.78. The van der Waals surface area contributed by atoms with Crippen molar-refractivity contribution in [3.8, 4) is 5.75 Å². The first kappa shape index (κ1) is 13.6. The number of nitrogens with zero attached hydrogens (tertiary/aromatic N) is 1. The van der Waals surface area contributed by atoms with Gasteiger partial charge in [0, 0.05) is 24.2 Å². The number of anilines is 1. The molecule has 1 aromatic carbocycles. The summed E-state index contributed by atoms with van der Waals surface area (Å²) in [6.45, 7) is 1.08. The van der Waals surface area contributed by atoms with Crippen molar-refractivity contribution in [2.75, 3.05) is 25.4 Å². The predicted octanol–water partition coefficient (Wildman–Crippen LogP) is 1.82. The van der Waals surface area contributed by atoms with E-state index < -0.39 is 18.4 Å². The van der Waals surface area contributed by atoms with Gasteiger partial charge in [0.1, 0.15) is 5.75 Å². The van der Waals surface area contributed by atoms with Gasteiger partial charge in [-0.05, 0) is 19.1 Å². The zero-order valence-electron chi connectivity index (χ0n) is 10.7. The lowest BCUT2D eigenvalue weighted by atomic mass is 10.2. The van der Waals surface area contributed by atoms with Crippen LogP contribution in [0.2, 0.25) is 0 Å². The maximum absolute atomic E-state index is 13.0. The topological polar surface area (TPSA) is 55.6 Å². The van der Waals surface area contributed by atoms with Gasteiger partial charge in [-0.3, -0.25) is 4.79 Å². The number of nitrogens with two attached hydrogens (primary N) is 1. The first-order chi connectivity index (χ1) is 8.89. The molecule has 0 atom stereocenters. The Morgan fingerprint density at radius 3 is 2.89 bits per heavy atom. The summed E-state index contributed by atoms with van der Waals surface area (Å²) in [7, 11) is 0. The zero-order chi connectivity index (χ0) is 14.0. The van der Waals surface area contributed by atoms with E-state index in [9.17, 15) is 13.6 Å². The average Bonchev–Trinajstić information content (AvgIpc) is 2.71. The molecular weight excluding hydrogens is 254 g/mol. The van der Waals surface area contributed by atoms with Crippen LogP contribution in [-0.4, -0.2) is 36.4 Å². The maximum atomic E-state index is 13.0. The van der Waals surface area contributed by atoms with E-state index in [1.165, 1.54) is 0 Å². The number of hydrogen-bond acceptors (Lipinski definition) is 3. The molecule has 19 heavy (non-hydrogen) atoms. The summed E-state index contributed by atoms with van der Waals surface area (Å²) >= 11 is 0. The zero-order valence-corrected chi connectivity index (χ0v) is 10.7. The first-order valence-electron chi connectivity index (χ1n) is 6.02. The van der Waals surface area contributed by atoms with Gasteiger partial charge >= 0.3 is 0 Å². The molecule has 2 rings (SSSR count). The highest BCUT2D eigenvalue weighted by Gasteiger charge is 2.40. The van der Waals surface area contributed by atoms with Crippen LogP contribution in [0.3, 0.4) is 0 Å². The first-order valence-corrected chi connectivity index (χ1v) is 6.02. The van der Waals surface area contributed by atoms with Crippen molar-refractivity contribution in [3.05, 3.63) is 23.8 Å². The molecular formula is C13H16F2N2O2. The molecule has 4 nitrogen and oxygen atoms in total. The second-order valence-electron chi connectivity index (χ2n) is 4.68. The van der Waals surface area contributed by atoms with Crippen molar-refractivity contribution < 1.29 is 18.3 Å². The molecule has 1 fully saturated rings. The van der Waals surface area contributed by atoms with Crippen LogP contribution in [0.4, 0.5) is 14.5 Å². The van der Waals surface area contributed by atoms with Gasteiger partial charge in [-0.25, -0.2) is 8.78 Å². The van der Waals surface area contributed by atoms with E-state index in [1.54, 1.807) is 25.1 Å². The summed E-state index contributed by atoms with van der Waals surface area (Å²) in [6, 6.07) is 5.13. The molecule has 0 aliphatic carbocycles. The van der Waals surface area contributed by atoms with Gasteiger partial charge in [0.15, 0.2) is 6.61 Å². The fraction of sp³-hybridized carbons (Fsp3) is 0.462. The van der Waals surface area contributed by atoms with E-state index in [4.69, 9.17) is 10.5 Å². The number of hydrogen-bond donors (Lipinski definition) is 1. The average molecular weight is 270 g/mol. The predicted molar refractivity (Wildman–Crippen MR) is 67.2 cm³/mol. The Morgan fingerprint density at radius 2 is 2.26 bits per heavy atom. The van der Waals surface area contributed by atoms with Crippen molar-refractivity contribution in [2.24, 2.45) is 0 Å². The number of halogens is 2. The normalized spacial score (nSPS) is 17.5. The van der Waals surface area contributed by atoms with Gasteiger partial charge in [-0.2, -0.15) is 0 Å². The third-order valence-corrected chi connectivity index (χ3v) is 3.20. The third kappa shape index (κ3) is 3.13. The summed E-state index contributed by atoms with van der Waals surface area (Å²) in [6.07, 6.45) is -0.282. The van der Waals surface area contributed by atoms with Crippen molar-refractivity contribution in [2.45, 2.75) is 19.3 Å². The summed E-state index contributed by atoms with van der Waals surface area (Å²) in [4.78, 5) is 12.9. The Morgan fingerprint density at radius 1 is 1.53 bits per heavy atom. The van der Waals surface area contributed by atoms with Gasteiger partial charge in [0.25, 0.3) is 11.8 Å². The van der Waals surface area contributed by atoms with Crippen molar-refractivity contribution in [1.82, 2.24) is 4.90 Å². The van der Waals surface area contributed by atoms with E-state index in [0.717, 1.165) is 10.5 Å². The standard InChI is InChI=1S/C13H16F2N2O2/c1-9-10(16)3-2-4-11(9)19-7-12(18)17-6-5-13(14,15)8-17/h2-4H,5-8,16H2,1H3. The van der Waals surface area contributed by atoms with Crippen LogP contribution in [0.1, 0.15) is 12.0 Å². The van der Waals surface area contributed by atoms with Gasteiger partial charge in [0.05, 0.1) is 6.54 Å². The quantitative estimate of drug-likeness (QED) is 0.852. The van der Waals surface area contributed by atoms with Crippen molar-refractivity contribution >= 4 is 11.6 Å². The fourth-order valence-electron chi connectivity index (χ4n) is 1.97. The Kier molecular flexibility index (Phi) is 3.59. The molecule has 1 aliphatic heterocycles. The van der Waals surface area contributed by atoms with Gasteiger partial charge in [0.2, 0.25) is 0 Å². The number of likely N-dealkylation sites (tertiary alicyclic amines) is 1. The number of rotatable bonds is 3. The van der Waals surface area contributed by atoms with Gasteiger partial charge < -0.3 is 15.4 Å². The van der Waals surface area contributed by atoms with Crippen molar-refractivity contribution in [3.63, 3.8) is 0 Å². The number of nitrogen functional groups attached to an aromatic ring is 1. The number of carbonyl (C=O) groups is 1. The molecule has 1 aromatic rings. The number of amides is 1. The molecule has 0 aromatic heterocycles. The Hall–Kier alpha value is -1.85. The van der Waals surface area contributed by atoms with Gasteiger partial charge in [-0.15, -0.1) is 0 Å². The smallest absolute Gasteiger partial charge is 0.267 e. The molecule has 104 valence electrons. The molecule has 0 spiro atoms. The molecule has 1 saturated heterocycles. The molecule has 6 heteroatoms. The lowest BCUT2D eigenvalue weighted by Crippen LogP contribution is -2.35. The second-order valence-corrected chi connectivity index (χ2v) is 4.68. The van der Waals surface area contributed by atoms with E-state index >= 15 is 0 Å². The highest BCUT2D eigenvalue weighted by atomic mass is 19.3. The van der Waals surface area contributed by atoms with Crippen LogP contribution >= 0.6 is 0 Å². The SMILES string of the molecule is Cc1c(N)cccc1OCC(=O)N1CCC(F)(F)C1. The van der Waals surface area contributed by atoms with E-state index in [1.807, 2.05) is 0 Å². The molecule has 0 saturated carbocycles. The van der Waals surface area contributed by atoms with Crippen LogP contribution < -0.4 is 10.5 Å². The van der Waals surface area contributed by atoms with Crippen LogP contribution in [-0.2, 0) is 4.79 Å². The highest BCUT2D eigenvalue weighted by Crippen LogP contribution is 2.27. The molecule has 1 heterocycles. The number of ether oxygens (including phenoxy) is 1. The number of carbonyl (C=O) groups excluding carboxylic acids is 1. The summed E-state index contributed by atoms with van der Waals surface area (Å²) in [5, 5.41) is 0. The number of alkyl halides is 2. The summed E-state index contributed by atoms with van der Waals surface area (Å²) < 4.78 is 31.3. The largest absolute Gasteiger partial charge is 0.483 e. The van der Waals surface area contributed by atoms with E-state index in [-0.39, 0.29) is 19.6 Å². The van der Waals surface area contributed by atoms with Crippen LogP contribution in [0, 0.1) is 6.92 Å². The lowest BCUT2D eigenvalue weighted by Gasteiger charge is -2.17. The summed E-state index contributed by atoms with van der Waals surface area (Å²) in [5.41, 5.74) is 7.02. The van der Waals surface area contributed by atoms with E-state index in [2.05, 4.69) is 0 Å². The minimum Gasteiger partial charge on any atom is -0.483 e. The molecule has 1 amide bonds. The van der Waals surface area contributed by atoms with Crippen molar-refractivity contribution in [1.29, 1.82) is 0 Å². The van der Waals surface area contributed by atoms with E-state index in [0.29, 0.717) is 11.4 Å². The molecule has 2 N–H and O–H groups in total.